The van der Waals surface area contributed by atoms with Gasteiger partial charge in [0.25, 0.3) is 0 Å². The summed E-state index contributed by atoms with van der Waals surface area (Å²) in [5.41, 5.74) is 5.03. The first kappa shape index (κ1) is 15.7. The van der Waals surface area contributed by atoms with E-state index < -0.39 is 0 Å². The Morgan fingerprint density at radius 1 is 0.850 bits per heavy atom. The molecule has 1 fully saturated rings. The van der Waals surface area contributed by atoms with Crippen LogP contribution < -0.4 is 16.3 Å². The van der Waals surface area contributed by atoms with E-state index in [0.29, 0.717) is 0 Å². The summed E-state index contributed by atoms with van der Waals surface area (Å²) in [6, 6.07) is 0. The maximum absolute atomic E-state index is 10.6. The number of hydroxylamine groups is 2. The quantitative estimate of drug-likeness (QED) is 0.630. The van der Waals surface area contributed by atoms with Gasteiger partial charge in [0.05, 0.1) is 0 Å². The molecule has 0 aromatic rings. The molecular formula is C14H21N3O3. The van der Waals surface area contributed by atoms with Crippen molar-refractivity contribution in [1.29, 1.82) is 0 Å². The highest BCUT2D eigenvalue weighted by Crippen LogP contribution is 2.02. The third kappa shape index (κ3) is 9.64. The van der Waals surface area contributed by atoms with Crippen molar-refractivity contribution in [2.75, 3.05) is 6.54 Å². The lowest BCUT2D eigenvalue weighted by atomic mass is 10.2. The third-order valence-electron chi connectivity index (χ3n) is 2.38. The van der Waals surface area contributed by atoms with Gasteiger partial charge < -0.3 is 15.0 Å². The lowest BCUT2D eigenvalue weighted by molar-refractivity contribution is -0.120. The molecule has 20 heavy (non-hydrogen) atoms. The first-order valence-corrected chi connectivity index (χ1v) is 6.62. The second-order valence-electron chi connectivity index (χ2n) is 4.01. The van der Waals surface area contributed by atoms with Crippen LogP contribution in [0.15, 0.2) is 49.2 Å². The minimum absolute atomic E-state index is 0.225. The van der Waals surface area contributed by atoms with E-state index in [1.807, 2.05) is 12.2 Å². The lowest BCUT2D eigenvalue weighted by Crippen LogP contribution is -2.21. The van der Waals surface area contributed by atoms with Crippen LogP contribution in [0.2, 0.25) is 0 Å². The number of hydrogen-bond acceptors (Lipinski definition) is 5. The van der Waals surface area contributed by atoms with Gasteiger partial charge in [-0.2, -0.15) is 0 Å². The molecule has 1 saturated heterocycles. The zero-order chi connectivity index (χ0) is 14.3. The van der Waals surface area contributed by atoms with E-state index in [2.05, 4.69) is 26.0 Å². The SMILES string of the molecule is C1=CNOC=C1.C1=CNOC=C1.O=C1CCCCCN1. The monoisotopic (exact) mass is 279 g/mol. The highest BCUT2D eigenvalue weighted by molar-refractivity contribution is 5.75. The maximum Gasteiger partial charge on any atom is 0.219 e. The standard InChI is InChI=1S/C6H11NO.2C4H5NO/c8-6-4-2-1-3-5-7-6;2*1-2-4-6-5-3-1/h1-5H2,(H,7,8);2*1-5H. The number of amides is 1. The Hall–Kier alpha value is -2.37. The van der Waals surface area contributed by atoms with E-state index in [1.54, 1.807) is 37.1 Å². The van der Waals surface area contributed by atoms with E-state index in [-0.39, 0.29) is 5.91 Å². The predicted octanol–water partition coefficient (Wildman–Crippen LogP) is 1.77. The Kier molecular flexibility index (Phi) is 9.18. The first-order valence-electron chi connectivity index (χ1n) is 6.62. The van der Waals surface area contributed by atoms with E-state index in [0.717, 1.165) is 25.8 Å². The van der Waals surface area contributed by atoms with Crippen molar-refractivity contribution in [3.8, 4) is 0 Å². The van der Waals surface area contributed by atoms with Crippen LogP contribution in [-0.2, 0) is 14.5 Å². The van der Waals surface area contributed by atoms with Gasteiger partial charge in [-0.15, -0.1) is 0 Å². The molecular weight excluding hydrogens is 258 g/mol. The van der Waals surface area contributed by atoms with Crippen molar-refractivity contribution in [2.24, 2.45) is 0 Å². The lowest BCUT2D eigenvalue weighted by Gasteiger charge is -1.97. The molecule has 6 heteroatoms. The van der Waals surface area contributed by atoms with E-state index in [1.165, 1.54) is 6.42 Å². The van der Waals surface area contributed by atoms with Gasteiger partial charge in [-0.3, -0.25) is 4.79 Å². The van der Waals surface area contributed by atoms with Gasteiger partial charge in [0.2, 0.25) is 5.91 Å². The van der Waals surface area contributed by atoms with Crippen LogP contribution in [0.5, 0.6) is 0 Å². The number of carbonyl (C=O) groups is 1. The fraction of sp³-hybridized carbons (Fsp3) is 0.357. The average Bonchev–Trinajstić information content (AvgIpc) is 2.80. The largest absolute Gasteiger partial charge is 0.391 e. The molecule has 0 aliphatic carbocycles. The molecule has 3 rings (SSSR count). The molecule has 110 valence electrons. The van der Waals surface area contributed by atoms with Gasteiger partial charge in [0.1, 0.15) is 12.5 Å². The highest BCUT2D eigenvalue weighted by atomic mass is 16.6. The fourth-order valence-corrected chi connectivity index (χ4v) is 1.42. The Morgan fingerprint density at radius 2 is 1.50 bits per heavy atom. The maximum atomic E-state index is 10.6. The number of allylic oxidation sites excluding steroid dienone is 4. The Morgan fingerprint density at radius 3 is 1.90 bits per heavy atom. The van der Waals surface area contributed by atoms with Crippen molar-refractivity contribution in [3.05, 3.63) is 49.2 Å². The molecule has 3 aliphatic rings. The van der Waals surface area contributed by atoms with Crippen LogP contribution in [0.1, 0.15) is 25.7 Å². The summed E-state index contributed by atoms with van der Waals surface area (Å²) in [7, 11) is 0. The molecule has 0 aromatic heterocycles. The third-order valence-corrected chi connectivity index (χ3v) is 2.38. The minimum Gasteiger partial charge on any atom is -0.391 e. The molecule has 0 radical (unpaired) electrons. The van der Waals surface area contributed by atoms with Crippen LogP contribution in [0, 0.1) is 0 Å². The van der Waals surface area contributed by atoms with E-state index in [9.17, 15) is 4.79 Å². The molecule has 3 aliphatic heterocycles. The summed E-state index contributed by atoms with van der Waals surface area (Å²) in [6.07, 6.45) is 18.0. The molecule has 1 amide bonds. The summed E-state index contributed by atoms with van der Waals surface area (Å²) in [6.45, 7) is 0.888. The molecule has 0 aromatic carbocycles. The predicted molar refractivity (Wildman–Crippen MR) is 76.5 cm³/mol. The van der Waals surface area contributed by atoms with Gasteiger partial charge in [-0.25, -0.2) is 11.0 Å². The topological polar surface area (TPSA) is 71.6 Å². The second-order valence-corrected chi connectivity index (χ2v) is 4.01. The second kappa shape index (κ2) is 11.7. The summed E-state index contributed by atoms with van der Waals surface area (Å²) in [5, 5.41) is 2.81. The van der Waals surface area contributed by atoms with E-state index in [4.69, 9.17) is 0 Å². The summed E-state index contributed by atoms with van der Waals surface area (Å²) >= 11 is 0. The van der Waals surface area contributed by atoms with Crippen LogP contribution in [-0.4, -0.2) is 12.5 Å². The van der Waals surface area contributed by atoms with Gasteiger partial charge in [-0.05, 0) is 37.1 Å². The van der Waals surface area contributed by atoms with Crippen molar-refractivity contribution in [3.63, 3.8) is 0 Å². The molecule has 0 spiro atoms. The number of nitrogens with one attached hydrogen (secondary N) is 3. The minimum atomic E-state index is 0.225. The van der Waals surface area contributed by atoms with Gasteiger partial charge in [-0.1, -0.05) is 6.42 Å². The van der Waals surface area contributed by atoms with Crippen LogP contribution in [0.25, 0.3) is 0 Å². The van der Waals surface area contributed by atoms with Gasteiger partial charge in [0.15, 0.2) is 0 Å². The molecule has 3 N–H and O–H groups in total. The number of hydrogen-bond donors (Lipinski definition) is 3. The normalized spacial score (nSPS) is 18.3. The van der Waals surface area contributed by atoms with E-state index >= 15 is 0 Å². The smallest absolute Gasteiger partial charge is 0.219 e. The van der Waals surface area contributed by atoms with Crippen molar-refractivity contribution >= 4 is 5.91 Å². The van der Waals surface area contributed by atoms with Crippen molar-refractivity contribution in [2.45, 2.75) is 25.7 Å². The average molecular weight is 279 g/mol. The van der Waals surface area contributed by atoms with Crippen molar-refractivity contribution in [1.82, 2.24) is 16.3 Å². The zero-order valence-corrected chi connectivity index (χ0v) is 11.4. The number of carbonyl (C=O) groups excluding carboxylic acids is 1. The molecule has 0 bridgehead atoms. The van der Waals surface area contributed by atoms with Crippen molar-refractivity contribution < 1.29 is 14.5 Å². The van der Waals surface area contributed by atoms with Crippen LogP contribution >= 0.6 is 0 Å². The fourth-order valence-electron chi connectivity index (χ4n) is 1.42. The zero-order valence-electron chi connectivity index (χ0n) is 11.4. The van der Waals surface area contributed by atoms with Gasteiger partial charge >= 0.3 is 0 Å². The molecule has 3 heterocycles. The number of rotatable bonds is 0. The molecule has 0 atom stereocenters. The Labute approximate surface area is 119 Å². The summed E-state index contributed by atoms with van der Waals surface area (Å²) in [5.74, 6) is 0.225. The highest BCUT2D eigenvalue weighted by Gasteiger charge is 2.03. The first-order chi connectivity index (χ1) is 9.89. The molecule has 0 unspecified atom stereocenters. The van der Waals surface area contributed by atoms with Gasteiger partial charge in [0, 0.05) is 25.4 Å². The Balaban J connectivity index is 0.000000152. The summed E-state index contributed by atoms with van der Waals surface area (Å²) < 4.78 is 0. The molecule has 0 saturated carbocycles. The Bertz CT molecular complexity index is 318. The summed E-state index contributed by atoms with van der Waals surface area (Å²) in [4.78, 5) is 19.7. The van der Waals surface area contributed by atoms with Crippen LogP contribution in [0.3, 0.4) is 0 Å². The van der Waals surface area contributed by atoms with Crippen LogP contribution in [0.4, 0.5) is 0 Å². The molecule has 6 nitrogen and oxygen atoms in total.